The van der Waals surface area contributed by atoms with Crippen molar-refractivity contribution in [1.82, 2.24) is 15.1 Å². The summed E-state index contributed by atoms with van der Waals surface area (Å²) < 4.78 is 4.93. The maximum absolute atomic E-state index is 12.8. The van der Waals surface area contributed by atoms with Gasteiger partial charge in [-0.1, -0.05) is 30.3 Å². The monoisotopic (exact) mass is 387 g/mol. The first-order valence-electron chi connectivity index (χ1n) is 10.5. The van der Waals surface area contributed by atoms with E-state index < -0.39 is 0 Å². The molecule has 154 valence electrons. The first-order valence-corrected chi connectivity index (χ1v) is 10.5. The van der Waals surface area contributed by atoms with Crippen molar-refractivity contribution in [2.75, 3.05) is 33.4 Å². The first-order chi connectivity index (χ1) is 13.7. The number of rotatable bonds is 10. The first kappa shape index (κ1) is 20.8. The molecule has 1 aliphatic heterocycles. The van der Waals surface area contributed by atoms with E-state index in [4.69, 9.17) is 4.74 Å². The molecule has 0 aromatic heterocycles. The topological polar surface area (TPSA) is 61.9 Å². The number of nitrogens with zero attached hydrogens (tertiary/aromatic N) is 2. The van der Waals surface area contributed by atoms with Crippen LogP contribution in [0.15, 0.2) is 30.3 Å². The number of hydrogen-bond donors (Lipinski definition) is 1. The van der Waals surface area contributed by atoms with Gasteiger partial charge in [0.15, 0.2) is 0 Å². The van der Waals surface area contributed by atoms with Crippen LogP contribution in [0, 0.1) is 0 Å². The average Bonchev–Trinajstić information content (AvgIpc) is 3.54. The number of likely N-dealkylation sites (tertiary alicyclic amines) is 1. The quantitative estimate of drug-likeness (QED) is 0.625. The zero-order valence-corrected chi connectivity index (χ0v) is 16.9. The highest BCUT2D eigenvalue weighted by atomic mass is 16.5. The van der Waals surface area contributed by atoms with Crippen molar-refractivity contribution in [2.45, 2.75) is 57.2 Å². The van der Waals surface area contributed by atoms with Crippen molar-refractivity contribution >= 4 is 11.8 Å². The second-order valence-corrected chi connectivity index (χ2v) is 7.87. The van der Waals surface area contributed by atoms with Crippen molar-refractivity contribution in [1.29, 1.82) is 0 Å². The molecule has 2 amide bonds. The Morgan fingerprint density at radius 2 is 1.75 bits per heavy atom. The van der Waals surface area contributed by atoms with Crippen molar-refractivity contribution < 1.29 is 14.3 Å². The van der Waals surface area contributed by atoms with Gasteiger partial charge in [0.05, 0.1) is 6.61 Å². The number of hydrogen-bond acceptors (Lipinski definition) is 4. The molecule has 0 radical (unpaired) electrons. The van der Waals surface area contributed by atoms with Crippen LogP contribution >= 0.6 is 0 Å². The fraction of sp³-hybridized carbons (Fsp3) is 0.636. The predicted octanol–water partition coefficient (Wildman–Crippen LogP) is 2.18. The van der Waals surface area contributed by atoms with Gasteiger partial charge in [-0.25, -0.2) is 0 Å². The zero-order chi connectivity index (χ0) is 19.8. The molecule has 1 heterocycles. The highest BCUT2D eigenvalue weighted by molar-refractivity contribution is 5.84. The van der Waals surface area contributed by atoms with Gasteiger partial charge < -0.3 is 15.0 Å². The summed E-state index contributed by atoms with van der Waals surface area (Å²) in [5.41, 5.74) is 1.34. The molecule has 1 N–H and O–H groups in total. The molecule has 1 aliphatic carbocycles. The number of carbonyl (C=O) groups is 2. The molecule has 0 unspecified atom stereocenters. The molecule has 0 spiro atoms. The van der Waals surface area contributed by atoms with Crippen LogP contribution in [0.1, 0.15) is 44.1 Å². The second kappa shape index (κ2) is 10.6. The van der Waals surface area contributed by atoms with E-state index in [1.807, 2.05) is 6.07 Å². The average molecular weight is 388 g/mol. The molecule has 1 aromatic rings. The molecule has 1 saturated carbocycles. The van der Waals surface area contributed by atoms with E-state index in [0.29, 0.717) is 31.7 Å². The number of amides is 2. The normalized spacial score (nSPS) is 18.0. The lowest BCUT2D eigenvalue weighted by Crippen LogP contribution is -2.48. The van der Waals surface area contributed by atoms with Crippen LogP contribution in [-0.2, 0) is 20.9 Å². The lowest BCUT2D eigenvalue weighted by Gasteiger charge is -2.39. The van der Waals surface area contributed by atoms with E-state index in [1.54, 1.807) is 7.11 Å². The third-order valence-corrected chi connectivity index (χ3v) is 5.62. The largest absolute Gasteiger partial charge is 0.383 e. The smallest absolute Gasteiger partial charge is 0.223 e. The molecule has 1 aromatic carbocycles. The molecule has 1 saturated heterocycles. The summed E-state index contributed by atoms with van der Waals surface area (Å²) in [6.45, 7) is 4.01. The maximum atomic E-state index is 12.8. The minimum absolute atomic E-state index is 0.0705. The Balaban J connectivity index is 1.44. The van der Waals surface area contributed by atoms with Gasteiger partial charge in [0, 0.05) is 58.2 Å². The van der Waals surface area contributed by atoms with Crippen LogP contribution in [0.3, 0.4) is 0 Å². The third kappa shape index (κ3) is 6.31. The van der Waals surface area contributed by atoms with Crippen LogP contribution in [0.25, 0.3) is 0 Å². The van der Waals surface area contributed by atoms with E-state index >= 15 is 0 Å². The van der Waals surface area contributed by atoms with Crippen LogP contribution in [-0.4, -0.2) is 67.0 Å². The molecular weight excluding hydrogens is 354 g/mol. The van der Waals surface area contributed by atoms with Gasteiger partial charge in [-0.3, -0.25) is 14.5 Å². The fourth-order valence-corrected chi connectivity index (χ4v) is 3.99. The number of ether oxygens (including phenoxy) is 1. The molecule has 28 heavy (non-hydrogen) atoms. The van der Waals surface area contributed by atoms with Crippen molar-refractivity contribution in [2.24, 2.45) is 0 Å². The van der Waals surface area contributed by atoms with Crippen LogP contribution in [0.4, 0.5) is 0 Å². The van der Waals surface area contributed by atoms with E-state index in [9.17, 15) is 9.59 Å². The molecule has 0 bridgehead atoms. The van der Waals surface area contributed by atoms with E-state index in [0.717, 1.165) is 45.3 Å². The Morgan fingerprint density at radius 1 is 1.07 bits per heavy atom. The third-order valence-electron chi connectivity index (χ3n) is 5.62. The van der Waals surface area contributed by atoms with Crippen LogP contribution in [0.5, 0.6) is 0 Å². The number of carbonyl (C=O) groups excluding carboxylic acids is 2. The highest BCUT2D eigenvalue weighted by Crippen LogP contribution is 2.32. The van der Waals surface area contributed by atoms with E-state index in [-0.39, 0.29) is 18.2 Å². The van der Waals surface area contributed by atoms with Gasteiger partial charge in [-0.2, -0.15) is 0 Å². The molecule has 2 fully saturated rings. The lowest BCUT2D eigenvalue weighted by molar-refractivity contribution is -0.137. The predicted molar refractivity (Wildman–Crippen MR) is 109 cm³/mol. The molecule has 2 aliphatic rings. The Kier molecular flexibility index (Phi) is 7.86. The van der Waals surface area contributed by atoms with Gasteiger partial charge in [-0.05, 0) is 31.2 Å². The standard InChI is InChI=1S/C22H33N3O3/c1-28-16-13-23-21(26)9-10-22(27)25(19-7-8-19)20-11-14-24(15-12-20)17-18-5-3-2-4-6-18/h2-6,19-20H,7-17H2,1H3,(H,23,26). The lowest BCUT2D eigenvalue weighted by atomic mass is 10.0. The van der Waals surface area contributed by atoms with Gasteiger partial charge in [0.25, 0.3) is 0 Å². The van der Waals surface area contributed by atoms with Crippen LogP contribution < -0.4 is 5.32 Å². The van der Waals surface area contributed by atoms with Crippen LogP contribution in [0.2, 0.25) is 0 Å². The summed E-state index contributed by atoms with van der Waals surface area (Å²) in [7, 11) is 1.61. The summed E-state index contributed by atoms with van der Waals surface area (Å²) in [6.07, 6.45) is 4.83. The van der Waals surface area contributed by atoms with E-state index in [1.165, 1.54) is 5.56 Å². The number of piperidine rings is 1. The highest BCUT2D eigenvalue weighted by Gasteiger charge is 2.38. The van der Waals surface area contributed by atoms with Crippen molar-refractivity contribution in [3.8, 4) is 0 Å². The Hall–Kier alpha value is -1.92. The second-order valence-electron chi connectivity index (χ2n) is 7.87. The minimum atomic E-state index is -0.0705. The van der Waals surface area contributed by atoms with Crippen molar-refractivity contribution in [3.05, 3.63) is 35.9 Å². The fourth-order valence-electron chi connectivity index (χ4n) is 3.99. The molecule has 0 atom stereocenters. The van der Waals surface area contributed by atoms with Gasteiger partial charge in [-0.15, -0.1) is 0 Å². The molecule has 6 nitrogen and oxygen atoms in total. The van der Waals surface area contributed by atoms with E-state index in [2.05, 4.69) is 39.4 Å². The summed E-state index contributed by atoms with van der Waals surface area (Å²) in [4.78, 5) is 29.3. The number of nitrogens with one attached hydrogen (secondary N) is 1. The Bertz CT molecular complexity index is 625. The maximum Gasteiger partial charge on any atom is 0.223 e. The molecule has 6 heteroatoms. The van der Waals surface area contributed by atoms with Gasteiger partial charge in [0.2, 0.25) is 11.8 Å². The SMILES string of the molecule is COCCNC(=O)CCC(=O)N(C1CC1)C1CCN(Cc2ccccc2)CC1. The van der Waals surface area contributed by atoms with Gasteiger partial charge in [0.1, 0.15) is 0 Å². The Labute approximate surface area is 168 Å². The zero-order valence-electron chi connectivity index (χ0n) is 16.9. The number of methoxy groups -OCH3 is 1. The summed E-state index contributed by atoms with van der Waals surface area (Å²) >= 11 is 0. The Morgan fingerprint density at radius 3 is 2.39 bits per heavy atom. The molecule has 3 rings (SSSR count). The summed E-state index contributed by atoms with van der Waals surface area (Å²) in [5, 5.41) is 2.79. The number of benzene rings is 1. The summed E-state index contributed by atoms with van der Waals surface area (Å²) in [5.74, 6) is 0.0738. The summed E-state index contributed by atoms with van der Waals surface area (Å²) in [6, 6.07) is 11.3. The van der Waals surface area contributed by atoms with Gasteiger partial charge >= 0.3 is 0 Å². The van der Waals surface area contributed by atoms with Crippen molar-refractivity contribution in [3.63, 3.8) is 0 Å². The minimum Gasteiger partial charge on any atom is -0.383 e. The molecular formula is C22H33N3O3.